The zero-order valence-corrected chi connectivity index (χ0v) is 12.0. The Morgan fingerprint density at radius 1 is 1.32 bits per heavy atom. The molecule has 2 rings (SSSR count). The lowest BCUT2D eigenvalue weighted by molar-refractivity contribution is -0.120. The second kappa shape index (κ2) is 5.70. The summed E-state index contributed by atoms with van der Waals surface area (Å²) in [6.07, 6.45) is 3.58. The summed E-state index contributed by atoms with van der Waals surface area (Å²) in [5, 5.41) is 6.23. The summed E-state index contributed by atoms with van der Waals surface area (Å²) >= 11 is 0. The van der Waals surface area contributed by atoms with E-state index in [1.165, 1.54) is 0 Å². The Balaban J connectivity index is 1.97. The van der Waals surface area contributed by atoms with Crippen molar-refractivity contribution in [2.45, 2.75) is 39.0 Å². The highest BCUT2D eigenvalue weighted by molar-refractivity contribution is 5.92. The van der Waals surface area contributed by atoms with Crippen LogP contribution in [0.15, 0.2) is 18.3 Å². The van der Waals surface area contributed by atoms with Gasteiger partial charge in [-0.3, -0.25) is 9.78 Å². The fourth-order valence-electron chi connectivity index (χ4n) is 2.24. The number of pyridine rings is 1. The van der Waals surface area contributed by atoms with Gasteiger partial charge in [0.05, 0.1) is 11.9 Å². The molecule has 1 aliphatic rings. The number of nitrogens with zero attached hydrogens (tertiary/aromatic N) is 1. The van der Waals surface area contributed by atoms with Crippen molar-refractivity contribution >= 4 is 11.6 Å². The molecule has 0 radical (unpaired) electrons. The monoisotopic (exact) mass is 261 g/mol. The van der Waals surface area contributed by atoms with E-state index >= 15 is 0 Å². The van der Waals surface area contributed by atoms with Crippen molar-refractivity contribution in [3.63, 3.8) is 0 Å². The van der Waals surface area contributed by atoms with Crippen LogP contribution in [0.25, 0.3) is 0 Å². The van der Waals surface area contributed by atoms with E-state index in [0.717, 1.165) is 37.3 Å². The molecule has 4 heteroatoms. The quantitative estimate of drug-likeness (QED) is 0.859. The Kier molecular flexibility index (Phi) is 4.20. The first-order valence-electron chi connectivity index (χ1n) is 6.95. The molecular formula is C15H23N3O. The summed E-state index contributed by atoms with van der Waals surface area (Å²) in [6, 6.07) is 3.92. The Morgan fingerprint density at radius 2 is 2.00 bits per heavy atom. The first kappa shape index (κ1) is 14.0. The van der Waals surface area contributed by atoms with Gasteiger partial charge in [0.2, 0.25) is 5.91 Å². The molecule has 0 atom stereocenters. The van der Waals surface area contributed by atoms with Crippen molar-refractivity contribution < 1.29 is 4.79 Å². The van der Waals surface area contributed by atoms with Crippen LogP contribution in [0.4, 0.5) is 5.69 Å². The van der Waals surface area contributed by atoms with Gasteiger partial charge in [0.1, 0.15) is 0 Å². The highest BCUT2D eigenvalue weighted by atomic mass is 16.1. The highest BCUT2D eigenvalue weighted by Gasteiger charge is 2.21. The maximum atomic E-state index is 12.1. The van der Waals surface area contributed by atoms with Crippen LogP contribution in [-0.4, -0.2) is 24.0 Å². The molecule has 0 aliphatic carbocycles. The topological polar surface area (TPSA) is 54.0 Å². The van der Waals surface area contributed by atoms with E-state index in [0.29, 0.717) is 0 Å². The average molecular weight is 261 g/mol. The lowest BCUT2D eigenvalue weighted by atomic mass is 9.92. The number of hydrogen-bond acceptors (Lipinski definition) is 3. The summed E-state index contributed by atoms with van der Waals surface area (Å²) in [4.78, 5) is 16.5. The Labute approximate surface area is 115 Å². The predicted octanol–water partition coefficient (Wildman–Crippen LogP) is 2.32. The number of carbonyl (C=O) groups excluding carboxylic acids is 1. The number of amides is 1. The van der Waals surface area contributed by atoms with E-state index in [9.17, 15) is 4.79 Å². The van der Waals surface area contributed by atoms with Crippen LogP contribution in [0.3, 0.4) is 0 Å². The molecule has 0 aromatic carbocycles. The van der Waals surface area contributed by atoms with Crippen molar-refractivity contribution in [1.82, 2.24) is 10.3 Å². The zero-order chi connectivity index (χ0) is 13.9. The lowest BCUT2D eigenvalue weighted by Crippen LogP contribution is -2.34. The fourth-order valence-corrected chi connectivity index (χ4v) is 2.24. The molecule has 0 saturated carbocycles. The molecule has 1 aromatic heterocycles. The summed E-state index contributed by atoms with van der Waals surface area (Å²) in [5.41, 5.74) is 1.86. The fraction of sp³-hybridized carbons (Fsp3) is 0.600. The van der Waals surface area contributed by atoms with Crippen molar-refractivity contribution in [3.05, 3.63) is 24.0 Å². The third-order valence-electron chi connectivity index (χ3n) is 3.51. The number of aromatic nitrogens is 1. The summed E-state index contributed by atoms with van der Waals surface area (Å²) in [7, 11) is 0. The maximum absolute atomic E-state index is 12.1. The Hall–Kier alpha value is -1.42. The van der Waals surface area contributed by atoms with Crippen molar-refractivity contribution in [1.29, 1.82) is 0 Å². The standard InChI is InChI=1S/C15H23N3O/c1-15(2,3)13-5-4-12(10-17-13)18-14(19)11-6-8-16-9-7-11/h4-5,10-11,16H,6-9H2,1-3H3,(H,18,19). The number of piperidine rings is 1. The van der Waals surface area contributed by atoms with Gasteiger partial charge in [-0.2, -0.15) is 0 Å². The molecule has 2 N–H and O–H groups in total. The van der Waals surface area contributed by atoms with Crippen molar-refractivity contribution in [2.75, 3.05) is 18.4 Å². The van der Waals surface area contributed by atoms with Crippen LogP contribution in [-0.2, 0) is 10.2 Å². The van der Waals surface area contributed by atoms with Crippen LogP contribution < -0.4 is 10.6 Å². The van der Waals surface area contributed by atoms with Gasteiger partial charge in [-0.15, -0.1) is 0 Å². The highest BCUT2D eigenvalue weighted by Crippen LogP contribution is 2.21. The van der Waals surface area contributed by atoms with E-state index in [1.807, 2.05) is 12.1 Å². The molecule has 0 unspecified atom stereocenters. The van der Waals surface area contributed by atoms with Gasteiger partial charge >= 0.3 is 0 Å². The molecule has 1 saturated heterocycles. The van der Waals surface area contributed by atoms with E-state index in [4.69, 9.17) is 0 Å². The summed E-state index contributed by atoms with van der Waals surface area (Å²) in [5.74, 6) is 0.246. The first-order chi connectivity index (χ1) is 8.97. The van der Waals surface area contributed by atoms with Gasteiger partial charge in [0, 0.05) is 17.0 Å². The SMILES string of the molecule is CC(C)(C)c1ccc(NC(=O)C2CCNCC2)cn1. The van der Waals surface area contributed by atoms with Crippen LogP contribution in [0.2, 0.25) is 0 Å². The molecule has 1 fully saturated rings. The second-order valence-electron chi connectivity index (χ2n) is 6.20. The number of carbonyl (C=O) groups is 1. The van der Waals surface area contributed by atoms with Gasteiger partial charge in [0.15, 0.2) is 0 Å². The molecule has 19 heavy (non-hydrogen) atoms. The molecule has 2 heterocycles. The zero-order valence-electron chi connectivity index (χ0n) is 12.0. The van der Waals surface area contributed by atoms with E-state index in [-0.39, 0.29) is 17.2 Å². The third-order valence-corrected chi connectivity index (χ3v) is 3.51. The summed E-state index contributed by atoms with van der Waals surface area (Å²) in [6.45, 7) is 8.24. The van der Waals surface area contributed by atoms with Crippen LogP contribution in [0.5, 0.6) is 0 Å². The number of nitrogens with one attached hydrogen (secondary N) is 2. The lowest BCUT2D eigenvalue weighted by Gasteiger charge is -2.22. The minimum absolute atomic E-state index is 0.0393. The molecule has 104 valence electrons. The van der Waals surface area contributed by atoms with Gasteiger partial charge in [-0.25, -0.2) is 0 Å². The third kappa shape index (κ3) is 3.77. The first-order valence-corrected chi connectivity index (χ1v) is 6.95. The number of hydrogen-bond donors (Lipinski definition) is 2. The molecule has 4 nitrogen and oxygen atoms in total. The van der Waals surface area contributed by atoms with Gasteiger partial charge in [-0.05, 0) is 38.1 Å². The molecule has 0 spiro atoms. The minimum Gasteiger partial charge on any atom is -0.324 e. The molecule has 1 amide bonds. The second-order valence-corrected chi connectivity index (χ2v) is 6.20. The van der Waals surface area contributed by atoms with Gasteiger partial charge in [0.25, 0.3) is 0 Å². The van der Waals surface area contributed by atoms with Gasteiger partial charge in [-0.1, -0.05) is 20.8 Å². The van der Waals surface area contributed by atoms with Gasteiger partial charge < -0.3 is 10.6 Å². The van der Waals surface area contributed by atoms with Crippen LogP contribution in [0, 0.1) is 5.92 Å². The maximum Gasteiger partial charge on any atom is 0.227 e. The normalized spacial score (nSPS) is 17.2. The Bertz CT molecular complexity index is 428. The predicted molar refractivity (Wildman–Crippen MR) is 77.2 cm³/mol. The number of anilines is 1. The molecular weight excluding hydrogens is 238 g/mol. The average Bonchev–Trinajstić information content (AvgIpc) is 2.39. The molecule has 1 aromatic rings. The van der Waals surface area contributed by atoms with Crippen LogP contribution in [0.1, 0.15) is 39.3 Å². The largest absolute Gasteiger partial charge is 0.324 e. The van der Waals surface area contributed by atoms with Crippen LogP contribution >= 0.6 is 0 Å². The van der Waals surface area contributed by atoms with Crippen molar-refractivity contribution in [3.8, 4) is 0 Å². The van der Waals surface area contributed by atoms with Crippen molar-refractivity contribution in [2.24, 2.45) is 5.92 Å². The Morgan fingerprint density at radius 3 is 2.53 bits per heavy atom. The minimum atomic E-state index is 0.0393. The van der Waals surface area contributed by atoms with E-state index in [1.54, 1.807) is 6.20 Å². The smallest absolute Gasteiger partial charge is 0.227 e. The number of rotatable bonds is 2. The molecule has 1 aliphatic heterocycles. The van der Waals surface area contributed by atoms with E-state index < -0.39 is 0 Å². The summed E-state index contributed by atoms with van der Waals surface area (Å²) < 4.78 is 0. The van der Waals surface area contributed by atoms with E-state index in [2.05, 4.69) is 36.4 Å². The molecule has 0 bridgehead atoms.